The SMILES string of the molecule is CC(OC(=O)C(Cc1ccccc1)NC(=O)OC(C)(C)C)C(=O)Oc1ccc2c(c1)[C@]13CCCC[C@@H]1[C@H](C2)N(C)CC3. The Balaban J connectivity index is 1.27. The van der Waals surface area contributed by atoms with E-state index in [9.17, 15) is 14.4 Å². The Morgan fingerprint density at radius 2 is 1.81 bits per heavy atom. The number of carbonyl (C=O) groups is 3. The number of nitrogens with one attached hydrogen (secondary N) is 1. The number of likely N-dealkylation sites (N-methyl/N-ethyl adjacent to an activating group) is 1. The zero-order chi connectivity index (χ0) is 30.1. The maximum absolute atomic E-state index is 13.2. The quantitative estimate of drug-likeness (QED) is 0.351. The minimum atomic E-state index is -1.17. The number of fused-ring (bicyclic) bond motifs is 1. The van der Waals surface area contributed by atoms with Gasteiger partial charge in [-0.25, -0.2) is 14.4 Å². The number of benzene rings is 2. The van der Waals surface area contributed by atoms with Crippen molar-refractivity contribution >= 4 is 18.0 Å². The summed E-state index contributed by atoms with van der Waals surface area (Å²) in [7, 11) is 2.25. The Kier molecular flexibility index (Phi) is 8.65. The number of hydrogen-bond acceptors (Lipinski definition) is 7. The zero-order valence-electron chi connectivity index (χ0n) is 25.5. The molecule has 1 saturated heterocycles. The second-order valence-electron chi connectivity index (χ2n) is 13.2. The largest absolute Gasteiger partial charge is 0.449 e. The first-order valence-electron chi connectivity index (χ1n) is 15.2. The number of nitrogens with zero attached hydrogens (tertiary/aromatic N) is 1. The molecule has 1 N–H and O–H groups in total. The second-order valence-corrected chi connectivity index (χ2v) is 13.2. The first kappa shape index (κ1) is 30.1. The lowest BCUT2D eigenvalue weighted by atomic mass is 9.52. The summed E-state index contributed by atoms with van der Waals surface area (Å²) in [6, 6.07) is 14.8. The van der Waals surface area contributed by atoms with E-state index in [1.807, 2.05) is 36.4 Å². The van der Waals surface area contributed by atoms with E-state index in [2.05, 4.69) is 29.4 Å². The molecule has 1 heterocycles. The lowest BCUT2D eigenvalue weighted by molar-refractivity contribution is -0.162. The molecule has 2 aromatic carbocycles. The van der Waals surface area contributed by atoms with Gasteiger partial charge in [0.1, 0.15) is 17.4 Å². The molecule has 0 spiro atoms. The summed E-state index contributed by atoms with van der Waals surface area (Å²) in [5, 5.41) is 2.61. The summed E-state index contributed by atoms with van der Waals surface area (Å²) in [4.78, 5) is 41.4. The Morgan fingerprint density at radius 1 is 1.05 bits per heavy atom. The van der Waals surface area contributed by atoms with Crippen molar-refractivity contribution in [2.75, 3.05) is 13.6 Å². The van der Waals surface area contributed by atoms with Crippen LogP contribution in [0.1, 0.15) is 76.5 Å². The smallest absolute Gasteiger partial charge is 0.408 e. The number of amides is 1. The van der Waals surface area contributed by atoms with Crippen LogP contribution < -0.4 is 10.1 Å². The summed E-state index contributed by atoms with van der Waals surface area (Å²) in [6.45, 7) is 7.81. The van der Waals surface area contributed by atoms with E-state index in [1.165, 1.54) is 43.7 Å². The number of esters is 2. The van der Waals surface area contributed by atoms with Crippen molar-refractivity contribution in [1.82, 2.24) is 10.2 Å². The first-order valence-corrected chi connectivity index (χ1v) is 15.2. The third kappa shape index (κ3) is 6.48. The lowest BCUT2D eigenvalue weighted by Crippen LogP contribution is -2.59. The Bertz CT molecular complexity index is 1300. The monoisotopic (exact) mass is 576 g/mol. The fraction of sp³-hybridized carbons (Fsp3) is 0.559. The van der Waals surface area contributed by atoms with Crippen molar-refractivity contribution in [3.05, 3.63) is 65.2 Å². The molecule has 1 amide bonds. The summed E-state index contributed by atoms with van der Waals surface area (Å²) < 4.78 is 16.7. The van der Waals surface area contributed by atoms with E-state index in [0.29, 0.717) is 17.7 Å². The highest BCUT2D eigenvalue weighted by atomic mass is 16.6. The van der Waals surface area contributed by atoms with Crippen molar-refractivity contribution in [2.45, 2.75) is 102 Å². The van der Waals surface area contributed by atoms with Crippen LogP contribution >= 0.6 is 0 Å². The van der Waals surface area contributed by atoms with Crippen molar-refractivity contribution in [3.8, 4) is 5.75 Å². The molecule has 226 valence electrons. The highest BCUT2D eigenvalue weighted by Gasteiger charge is 2.53. The van der Waals surface area contributed by atoms with Gasteiger partial charge in [0.2, 0.25) is 0 Å². The second kappa shape index (κ2) is 12.1. The molecule has 1 saturated carbocycles. The highest BCUT2D eigenvalue weighted by Crippen LogP contribution is 2.55. The van der Waals surface area contributed by atoms with Crippen LogP contribution in [0.3, 0.4) is 0 Å². The van der Waals surface area contributed by atoms with E-state index in [0.717, 1.165) is 24.9 Å². The standard InChI is InChI=1S/C34H44N2O6/c1-22(40-31(38)28(19-23-11-7-6-8-12-23)35-32(39)42-33(2,3)4)30(37)41-25-15-14-24-20-29-26-13-9-10-16-34(26,27(24)21-25)17-18-36(29)5/h6-8,11-12,14-15,21-22,26,28-29H,9-10,13,16-20H2,1-5H3,(H,35,39)/t22?,26-,28?,29+,34+/m1/s1. The maximum atomic E-state index is 13.2. The van der Waals surface area contributed by atoms with E-state index >= 15 is 0 Å². The fourth-order valence-electron chi connectivity index (χ4n) is 7.24. The third-order valence-corrected chi connectivity index (χ3v) is 9.19. The molecule has 8 nitrogen and oxygen atoms in total. The molecule has 5 rings (SSSR count). The van der Waals surface area contributed by atoms with Gasteiger partial charge >= 0.3 is 18.0 Å². The van der Waals surface area contributed by atoms with Gasteiger partial charge in [0.05, 0.1) is 0 Å². The van der Waals surface area contributed by atoms with Crippen LogP contribution in [0.15, 0.2) is 48.5 Å². The van der Waals surface area contributed by atoms with Crippen molar-refractivity contribution in [3.63, 3.8) is 0 Å². The van der Waals surface area contributed by atoms with Gasteiger partial charge < -0.3 is 24.4 Å². The summed E-state index contributed by atoms with van der Waals surface area (Å²) in [6.07, 6.45) is 5.35. The van der Waals surface area contributed by atoms with Crippen LogP contribution in [0.2, 0.25) is 0 Å². The molecule has 2 aliphatic carbocycles. The molecule has 3 aliphatic rings. The number of ether oxygens (including phenoxy) is 3. The van der Waals surface area contributed by atoms with Crippen LogP contribution in [0.5, 0.6) is 5.75 Å². The van der Waals surface area contributed by atoms with Crippen LogP contribution in [-0.4, -0.2) is 60.3 Å². The van der Waals surface area contributed by atoms with E-state index < -0.39 is 35.8 Å². The Labute approximate surface area is 249 Å². The normalized spacial score (nSPS) is 24.8. The van der Waals surface area contributed by atoms with E-state index in [4.69, 9.17) is 14.2 Å². The number of hydrogen-bond donors (Lipinski definition) is 1. The molecule has 2 fully saturated rings. The number of alkyl carbamates (subject to hydrolysis) is 1. The molecular formula is C34H44N2O6. The summed E-state index contributed by atoms with van der Waals surface area (Å²) >= 11 is 0. The van der Waals surface area contributed by atoms with Gasteiger partial charge in [-0.3, -0.25) is 0 Å². The molecule has 2 aromatic rings. The van der Waals surface area contributed by atoms with Crippen LogP contribution in [-0.2, 0) is 37.3 Å². The van der Waals surface area contributed by atoms with Crippen LogP contribution in [0.4, 0.5) is 4.79 Å². The van der Waals surface area contributed by atoms with Gasteiger partial charge in [-0.1, -0.05) is 49.2 Å². The van der Waals surface area contributed by atoms with Gasteiger partial charge in [-0.15, -0.1) is 0 Å². The fourth-order valence-corrected chi connectivity index (χ4v) is 7.24. The van der Waals surface area contributed by atoms with Gasteiger partial charge in [-0.2, -0.15) is 0 Å². The number of likely N-dealkylation sites (tertiary alicyclic amines) is 1. The highest BCUT2D eigenvalue weighted by molar-refractivity contribution is 5.85. The molecular weight excluding hydrogens is 532 g/mol. The summed E-state index contributed by atoms with van der Waals surface area (Å²) in [5.41, 5.74) is 2.91. The molecule has 1 aliphatic heterocycles. The number of rotatable bonds is 7. The molecule has 2 unspecified atom stereocenters. The lowest BCUT2D eigenvalue weighted by Gasteiger charge is -2.58. The molecule has 2 bridgehead atoms. The molecule has 0 aromatic heterocycles. The average molecular weight is 577 g/mol. The molecule has 0 radical (unpaired) electrons. The Hall–Kier alpha value is -3.39. The van der Waals surface area contributed by atoms with Gasteiger partial charge in [0.15, 0.2) is 6.10 Å². The zero-order valence-corrected chi connectivity index (χ0v) is 25.5. The predicted molar refractivity (Wildman–Crippen MR) is 159 cm³/mol. The number of carbonyl (C=O) groups excluding carboxylic acids is 3. The minimum absolute atomic E-state index is 0.140. The Morgan fingerprint density at radius 3 is 2.55 bits per heavy atom. The third-order valence-electron chi connectivity index (χ3n) is 9.19. The van der Waals surface area contributed by atoms with Crippen LogP contribution in [0.25, 0.3) is 0 Å². The minimum Gasteiger partial charge on any atom is -0.449 e. The summed E-state index contributed by atoms with van der Waals surface area (Å²) in [5.74, 6) is -0.289. The maximum Gasteiger partial charge on any atom is 0.408 e. The first-order chi connectivity index (χ1) is 19.9. The number of piperidine rings is 1. The van der Waals surface area contributed by atoms with Gasteiger partial charge in [0.25, 0.3) is 0 Å². The van der Waals surface area contributed by atoms with Crippen molar-refractivity contribution < 1.29 is 28.6 Å². The molecule has 42 heavy (non-hydrogen) atoms. The van der Waals surface area contributed by atoms with E-state index in [1.54, 1.807) is 20.8 Å². The predicted octanol–water partition coefficient (Wildman–Crippen LogP) is 5.35. The van der Waals surface area contributed by atoms with E-state index in [-0.39, 0.29) is 11.8 Å². The molecule has 5 atom stereocenters. The van der Waals surface area contributed by atoms with Crippen molar-refractivity contribution in [2.24, 2.45) is 5.92 Å². The topological polar surface area (TPSA) is 94.2 Å². The van der Waals surface area contributed by atoms with Crippen molar-refractivity contribution in [1.29, 1.82) is 0 Å². The van der Waals surface area contributed by atoms with Gasteiger partial charge in [-0.05, 0) is 102 Å². The molecule has 8 heteroatoms. The van der Waals surface area contributed by atoms with Gasteiger partial charge in [0, 0.05) is 17.9 Å². The average Bonchev–Trinajstić information content (AvgIpc) is 2.94. The van der Waals surface area contributed by atoms with Crippen LogP contribution in [0, 0.1) is 5.92 Å².